The molecule has 0 unspecified atom stereocenters. The SMILES string of the molecule is COc1ccc([C@H]2COCCN2)cc1F. The van der Waals surface area contributed by atoms with Gasteiger partial charge in [-0.15, -0.1) is 0 Å². The van der Waals surface area contributed by atoms with E-state index in [1.165, 1.54) is 13.2 Å². The molecule has 1 aliphatic rings. The maximum absolute atomic E-state index is 13.4. The van der Waals surface area contributed by atoms with E-state index in [0.29, 0.717) is 6.61 Å². The fraction of sp³-hybridized carbons (Fsp3) is 0.455. The number of rotatable bonds is 2. The standard InChI is InChI=1S/C11H14FNO2/c1-14-11-3-2-8(6-9(11)12)10-7-15-5-4-13-10/h2-3,6,10,13H,4-5,7H2,1H3/t10-/m1/s1. The zero-order chi connectivity index (χ0) is 10.7. The lowest BCUT2D eigenvalue weighted by molar-refractivity contribution is 0.0767. The third kappa shape index (κ3) is 2.27. The average molecular weight is 211 g/mol. The Hall–Kier alpha value is -1.13. The third-order valence-corrected chi connectivity index (χ3v) is 2.50. The van der Waals surface area contributed by atoms with Gasteiger partial charge in [-0.2, -0.15) is 0 Å². The van der Waals surface area contributed by atoms with Crippen molar-refractivity contribution in [3.8, 4) is 5.75 Å². The predicted octanol–water partition coefficient (Wildman–Crippen LogP) is 1.50. The highest BCUT2D eigenvalue weighted by molar-refractivity contribution is 5.31. The molecule has 0 aliphatic carbocycles. The first-order chi connectivity index (χ1) is 7.31. The van der Waals surface area contributed by atoms with E-state index in [1.54, 1.807) is 6.07 Å². The normalized spacial score (nSPS) is 21.3. The summed E-state index contributed by atoms with van der Waals surface area (Å²) in [5.74, 6) is -0.0575. The smallest absolute Gasteiger partial charge is 0.165 e. The van der Waals surface area contributed by atoms with Crippen LogP contribution >= 0.6 is 0 Å². The summed E-state index contributed by atoms with van der Waals surface area (Å²) in [7, 11) is 1.46. The van der Waals surface area contributed by atoms with E-state index in [1.807, 2.05) is 6.07 Å². The third-order valence-electron chi connectivity index (χ3n) is 2.50. The van der Waals surface area contributed by atoms with Crippen LogP contribution in [-0.2, 0) is 4.74 Å². The van der Waals surface area contributed by atoms with Gasteiger partial charge in [0, 0.05) is 6.54 Å². The van der Waals surface area contributed by atoms with Crippen molar-refractivity contribution in [1.29, 1.82) is 0 Å². The predicted molar refractivity (Wildman–Crippen MR) is 54.5 cm³/mol. The van der Waals surface area contributed by atoms with E-state index in [4.69, 9.17) is 9.47 Å². The molecule has 0 amide bonds. The molecule has 1 N–H and O–H groups in total. The van der Waals surface area contributed by atoms with Crippen LogP contribution in [0.5, 0.6) is 5.75 Å². The van der Waals surface area contributed by atoms with Crippen molar-refractivity contribution >= 4 is 0 Å². The van der Waals surface area contributed by atoms with E-state index in [2.05, 4.69) is 5.32 Å². The Morgan fingerprint density at radius 3 is 3.00 bits per heavy atom. The fourth-order valence-corrected chi connectivity index (χ4v) is 1.68. The van der Waals surface area contributed by atoms with E-state index < -0.39 is 0 Å². The van der Waals surface area contributed by atoms with Crippen molar-refractivity contribution in [1.82, 2.24) is 5.32 Å². The topological polar surface area (TPSA) is 30.5 Å². The van der Waals surface area contributed by atoms with Crippen molar-refractivity contribution in [3.05, 3.63) is 29.6 Å². The number of ether oxygens (including phenoxy) is 2. The molecular weight excluding hydrogens is 197 g/mol. The molecule has 15 heavy (non-hydrogen) atoms. The molecule has 1 heterocycles. The second kappa shape index (κ2) is 4.59. The number of methoxy groups -OCH3 is 1. The molecule has 1 fully saturated rings. The Morgan fingerprint density at radius 1 is 1.53 bits per heavy atom. The summed E-state index contributed by atoms with van der Waals surface area (Å²) in [4.78, 5) is 0. The molecule has 1 aromatic rings. The molecule has 1 atom stereocenters. The zero-order valence-electron chi connectivity index (χ0n) is 8.63. The summed E-state index contributed by atoms with van der Waals surface area (Å²) in [5.41, 5.74) is 0.896. The van der Waals surface area contributed by atoms with Gasteiger partial charge in [0.2, 0.25) is 0 Å². The lowest BCUT2D eigenvalue weighted by Gasteiger charge is -2.24. The van der Waals surface area contributed by atoms with E-state index in [0.717, 1.165) is 18.7 Å². The van der Waals surface area contributed by atoms with Gasteiger partial charge in [-0.1, -0.05) is 6.07 Å². The second-order valence-corrected chi connectivity index (χ2v) is 3.48. The minimum absolute atomic E-state index is 0.0826. The number of nitrogens with one attached hydrogen (secondary N) is 1. The first kappa shape index (κ1) is 10.4. The van der Waals surface area contributed by atoms with Gasteiger partial charge in [0.25, 0.3) is 0 Å². The maximum atomic E-state index is 13.4. The molecule has 1 aliphatic heterocycles. The lowest BCUT2D eigenvalue weighted by Crippen LogP contribution is -2.34. The second-order valence-electron chi connectivity index (χ2n) is 3.48. The Balaban J connectivity index is 2.17. The van der Waals surface area contributed by atoms with Crippen LogP contribution in [-0.4, -0.2) is 26.9 Å². The van der Waals surface area contributed by atoms with Crippen molar-refractivity contribution in [2.24, 2.45) is 0 Å². The van der Waals surface area contributed by atoms with Gasteiger partial charge in [-0.3, -0.25) is 0 Å². The molecule has 1 saturated heterocycles. The van der Waals surface area contributed by atoms with Crippen LogP contribution in [0.15, 0.2) is 18.2 Å². The molecule has 2 rings (SSSR count). The summed E-state index contributed by atoms with van der Waals surface area (Å²) >= 11 is 0. The first-order valence-corrected chi connectivity index (χ1v) is 4.96. The van der Waals surface area contributed by atoms with Gasteiger partial charge >= 0.3 is 0 Å². The molecule has 0 spiro atoms. The lowest BCUT2D eigenvalue weighted by atomic mass is 10.1. The minimum Gasteiger partial charge on any atom is -0.494 e. The summed E-state index contributed by atoms with van der Waals surface area (Å²) in [6.07, 6.45) is 0. The Bertz CT molecular complexity index is 337. The molecule has 82 valence electrons. The summed E-state index contributed by atoms with van der Waals surface area (Å²) in [6, 6.07) is 5.07. The van der Waals surface area contributed by atoms with Crippen LogP contribution in [0.1, 0.15) is 11.6 Å². The molecular formula is C11H14FNO2. The summed E-state index contributed by atoms with van der Waals surface area (Å²) in [6.45, 7) is 2.11. The number of benzene rings is 1. The molecule has 0 saturated carbocycles. The van der Waals surface area contributed by atoms with Gasteiger partial charge in [0.15, 0.2) is 11.6 Å². The molecule has 3 nitrogen and oxygen atoms in total. The Morgan fingerprint density at radius 2 is 2.40 bits per heavy atom. The Labute approximate surface area is 88.2 Å². The summed E-state index contributed by atoms with van der Waals surface area (Å²) in [5, 5.41) is 3.27. The maximum Gasteiger partial charge on any atom is 0.165 e. The zero-order valence-corrected chi connectivity index (χ0v) is 8.63. The van der Waals surface area contributed by atoms with Crippen LogP contribution in [0.25, 0.3) is 0 Å². The van der Waals surface area contributed by atoms with Gasteiger partial charge in [-0.05, 0) is 17.7 Å². The first-order valence-electron chi connectivity index (χ1n) is 4.96. The van der Waals surface area contributed by atoms with E-state index >= 15 is 0 Å². The average Bonchev–Trinajstić information content (AvgIpc) is 2.30. The highest BCUT2D eigenvalue weighted by Crippen LogP contribution is 2.22. The molecule has 4 heteroatoms. The number of morpholine rings is 1. The van der Waals surface area contributed by atoms with Gasteiger partial charge in [0.05, 0.1) is 26.4 Å². The van der Waals surface area contributed by atoms with Crippen LogP contribution in [0.3, 0.4) is 0 Å². The fourth-order valence-electron chi connectivity index (χ4n) is 1.68. The van der Waals surface area contributed by atoms with Gasteiger partial charge in [-0.25, -0.2) is 4.39 Å². The molecule has 0 radical (unpaired) electrons. The monoisotopic (exact) mass is 211 g/mol. The van der Waals surface area contributed by atoms with E-state index in [-0.39, 0.29) is 17.6 Å². The number of hydrogen-bond acceptors (Lipinski definition) is 3. The summed E-state index contributed by atoms with van der Waals surface area (Å²) < 4.78 is 23.6. The van der Waals surface area contributed by atoms with Crippen LogP contribution < -0.4 is 10.1 Å². The van der Waals surface area contributed by atoms with E-state index in [9.17, 15) is 4.39 Å². The van der Waals surface area contributed by atoms with Crippen LogP contribution in [0.4, 0.5) is 4.39 Å². The molecule has 0 bridgehead atoms. The molecule has 1 aromatic carbocycles. The largest absolute Gasteiger partial charge is 0.494 e. The minimum atomic E-state index is -0.331. The van der Waals surface area contributed by atoms with Gasteiger partial charge in [0.1, 0.15) is 0 Å². The quantitative estimate of drug-likeness (QED) is 0.804. The highest BCUT2D eigenvalue weighted by Gasteiger charge is 2.16. The molecule has 0 aromatic heterocycles. The van der Waals surface area contributed by atoms with Crippen molar-refractivity contribution in [2.75, 3.05) is 26.9 Å². The van der Waals surface area contributed by atoms with Crippen LogP contribution in [0.2, 0.25) is 0 Å². The number of halogens is 1. The van der Waals surface area contributed by atoms with Crippen molar-refractivity contribution < 1.29 is 13.9 Å². The Kier molecular flexibility index (Phi) is 3.18. The van der Waals surface area contributed by atoms with Crippen molar-refractivity contribution in [2.45, 2.75) is 6.04 Å². The highest BCUT2D eigenvalue weighted by atomic mass is 19.1. The number of hydrogen-bond donors (Lipinski definition) is 1. The van der Waals surface area contributed by atoms with Gasteiger partial charge < -0.3 is 14.8 Å². The van der Waals surface area contributed by atoms with Crippen molar-refractivity contribution in [3.63, 3.8) is 0 Å². The van der Waals surface area contributed by atoms with Crippen LogP contribution in [0, 0.1) is 5.82 Å².